The highest BCUT2D eigenvalue weighted by atomic mass is 16.7. The molecule has 6 heteroatoms. The summed E-state index contributed by atoms with van der Waals surface area (Å²) in [5.41, 5.74) is 3.15. The summed E-state index contributed by atoms with van der Waals surface area (Å²) in [6.07, 6.45) is 3.60. The van der Waals surface area contributed by atoms with Gasteiger partial charge in [0.25, 0.3) is 0 Å². The predicted octanol–water partition coefficient (Wildman–Crippen LogP) is 3.00. The van der Waals surface area contributed by atoms with E-state index >= 15 is 0 Å². The van der Waals surface area contributed by atoms with Crippen molar-refractivity contribution in [3.05, 3.63) is 54.5 Å². The summed E-state index contributed by atoms with van der Waals surface area (Å²) in [6.45, 7) is 0.227. The Hall–Kier alpha value is -3.46. The first-order valence-corrected chi connectivity index (χ1v) is 7.39. The molecule has 4 rings (SSSR count). The zero-order valence-electron chi connectivity index (χ0n) is 12.6. The lowest BCUT2D eigenvalue weighted by Crippen LogP contribution is -1.98. The summed E-state index contributed by atoms with van der Waals surface area (Å²) >= 11 is 0. The fourth-order valence-corrected chi connectivity index (χ4v) is 2.50. The molecular formula is C18H12N4O2. The van der Waals surface area contributed by atoms with Crippen LogP contribution < -0.4 is 9.47 Å². The lowest BCUT2D eigenvalue weighted by Gasteiger charge is -2.08. The first kappa shape index (κ1) is 14.2. The van der Waals surface area contributed by atoms with Gasteiger partial charge in [0.2, 0.25) is 6.79 Å². The number of nitriles is 1. The van der Waals surface area contributed by atoms with E-state index in [2.05, 4.69) is 21.0 Å². The van der Waals surface area contributed by atoms with Gasteiger partial charge in [0.15, 0.2) is 17.3 Å². The van der Waals surface area contributed by atoms with Gasteiger partial charge in [-0.25, -0.2) is 9.97 Å². The van der Waals surface area contributed by atoms with Gasteiger partial charge in [-0.15, -0.1) is 0 Å². The fraction of sp³-hybridized carbons (Fsp3) is 0.111. The molecule has 0 unspecified atom stereocenters. The van der Waals surface area contributed by atoms with Gasteiger partial charge in [-0.05, 0) is 36.4 Å². The van der Waals surface area contributed by atoms with Crippen molar-refractivity contribution in [1.82, 2.24) is 15.0 Å². The van der Waals surface area contributed by atoms with Gasteiger partial charge >= 0.3 is 0 Å². The number of benzene rings is 1. The van der Waals surface area contributed by atoms with Crippen LogP contribution in [-0.2, 0) is 6.42 Å². The molecule has 0 radical (unpaired) electrons. The standard InChI is InChI=1S/C18H12N4O2/c19-6-3-14-10-15(13-1-2-16-17(9-13)24-11-23-16)22-18(21-14)12-4-7-20-8-5-12/h1-2,4-5,7-10H,3,11H2. The highest BCUT2D eigenvalue weighted by Crippen LogP contribution is 2.35. The first-order valence-electron chi connectivity index (χ1n) is 7.39. The smallest absolute Gasteiger partial charge is 0.231 e. The summed E-state index contributed by atoms with van der Waals surface area (Å²) in [4.78, 5) is 13.1. The van der Waals surface area contributed by atoms with Crippen molar-refractivity contribution in [2.45, 2.75) is 6.42 Å². The molecule has 1 aliphatic heterocycles. The second-order valence-corrected chi connectivity index (χ2v) is 5.21. The van der Waals surface area contributed by atoms with Crippen molar-refractivity contribution in [2.75, 3.05) is 6.79 Å². The number of aromatic nitrogens is 3. The molecule has 0 saturated carbocycles. The number of fused-ring (bicyclic) bond motifs is 1. The maximum Gasteiger partial charge on any atom is 0.231 e. The normalized spacial score (nSPS) is 12.0. The summed E-state index contributed by atoms with van der Waals surface area (Å²) in [5, 5.41) is 9.01. The van der Waals surface area contributed by atoms with Gasteiger partial charge < -0.3 is 9.47 Å². The Labute approximate surface area is 138 Å². The van der Waals surface area contributed by atoms with E-state index in [0.717, 1.165) is 22.6 Å². The molecule has 0 amide bonds. The van der Waals surface area contributed by atoms with Crippen LogP contribution in [0.5, 0.6) is 11.5 Å². The molecule has 1 aromatic carbocycles. The molecule has 2 aromatic heterocycles. The van der Waals surface area contributed by atoms with E-state index in [1.165, 1.54) is 0 Å². The number of hydrogen-bond donors (Lipinski definition) is 0. The van der Waals surface area contributed by atoms with Crippen LogP contribution in [0.15, 0.2) is 48.8 Å². The number of hydrogen-bond acceptors (Lipinski definition) is 6. The quantitative estimate of drug-likeness (QED) is 0.739. The molecule has 0 fully saturated rings. The molecule has 0 bridgehead atoms. The van der Waals surface area contributed by atoms with Crippen molar-refractivity contribution in [3.63, 3.8) is 0 Å². The lowest BCUT2D eigenvalue weighted by atomic mass is 10.1. The van der Waals surface area contributed by atoms with E-state index in [1.54, 1.807) is 12.4 Å². The molecule has 0 spiro atoms. The van der Waals surface area contributed by atoms with Crippen LogP contribution in [0.25, 0.3) is 22.6 Å². The molecule has 116 valence electrons. The Kier molecular flexibility index (Phi) is 3.52. The molecule has 0 N–H and O–H groups in total. The van der Waals surface area contributed by atoms with Gasteiger partial charge in [-0.1, -0.05) is 0 Å². The highest BCUT2D eigenvalue weighted by Gasteiger charge is 2.15. The van der Waals surface area contributed by atoms with Gasteiger partial charge in [-0.3, -0.25) is 4.98 Å². The van der Waals surface area contributed by atoms with Crippen LogP contribution >= 0.6 is 0 Å². The van der Waals surface area contributed by atoms with Crippen molar-refractivity contribution in [2.24, 2.45) is 0 Å². The average molecular weight is 316 g/mol. The topological polar surface area (TPSA) is 80.9 Å². The number of pyridine rings is 1. The zero-order valence-corrected chi connectivity index (χ0v) is 12.6. The largest absolute Gasteiger partial charge is 0.454 e. The Balaban J connectivity index is 1.83. The van der Waals surface area contributed by atoms with Crippen molar-refractivity contribution in [1.29, 1.82) is 5.26 Å². The van der Waals surface area contributed by atoms with Crippen LogP contribution in [0, 0.1) is 11.3 Å². The average Bonchev–Trinajstić information content (AvgIpc) is 3.10. The Bertz CT molecular complexity index is 935. The molecule has 6 nitrogen and oxygen atoms in total. The molecule has 3 aromatic rings. The fourth-order valence-electron chi connectivity index (χ4n) is 2.50. The molecular weight excluding hydrogens is 304 g/mol. The minimum Gasteiger partial charge on any atom is -0.454 e. The Morgan fingerprint density at radius 3 is 2.62 bits per heavy atom. The second kappa shape index (κ2) is 5.97. The van der Waals surface area contributed by atoms with Crippen LogP contribution in [0.4, 0.5) is 0 Å². The van der Waals surface area contributed by atoms with E-state index in [-0.39, 0.29) is 13.2 Å². The monoisotopic (exact) mass is 316 g/mol. The Morgan fingerprint density at radius 2 is 1.79 bits per heavy atom. The lowest BCUT2D eigenvalue weighted by molar-refractivity contribution is 0.174. The minimum atomic E-state index is 0.220. The third-order valence-corrected chi connectivity index (χ3v) is 3.65. The maximum absolute atomic E-state index is 9.01. The summed E-state index contributed by atoms with van der Waals surface area (Å²) in [6, 6.07) is 13.3. The molecule has 3 heterocycles. The van der Waals surface area contributed by atoms with Gasteiger partial charge in [0.05, 0.1) is 23.9 Å². The van der Waals surface area contributed by atoms with Crippen LogP contribution in [0.2, 0.25) is 0 Å². The molecule has 0 atom stereocenters. The van der Waals surface area contributed by atoms with E-state index in [0.29, 0.717) is 17.3 Å². The number of nitrogens with zero attached hydrogens (tertiary/aromatic N) is 4. The van der Waals surface area contributed by atoms with Crippen LogP contribution in [-0.4, -0.2) is 21.7 Å². The second-order valence-electron chi connectivity index (χ2n) is 5.21. The molecule has 24 heavy (non-hydrogen) atoms. The summed E-state index contributed by atoms with van der Waals surface area (Å²) < 4.78 is 10.8. The van der Waals surface area contributed by atoms with Crippen LogP contribution in [0.1, 0.15) is 5.69 Å². The van der Waals surface area contributed by atoms with Crippen LogP contribution in [0.3, 0.4) is 0 Å². The van der Waals surface area contributed by atoms with Crippen molar-refractivity contribution >= 4 is 0 Å². The number of rotatable bonds is 3. The minimum absolute atomic E-state index is 0.220. The van der Waals surface area contributed by atoms with Crippen molar-refractivity contribution < 1.29 is 9.47 Å². The SMILES string of the molecule is N#CCc1cc(-c2ccc3c(c2)OCO3)nc(-c2ccncc2)n1. The van der Waals surface area contributed by atoms with E-state index in [9.17, 15) is 0 Å². The summed E-state index contributed by atoms with van der Waals surface area (Å²) in [5.74, 6) is 1.98. The highest BCUT2D eigenvalue weighted by molar-refractivity contribution is 5.67. The molecule has 0 saturated heterocycles. The Morgan fingerprint density at radius 1 is 0.958 bits per heavy atom. The maximum atomic E-state index is 9.01. The van der Waals surface area contributed by atoms with Gasteiger partial charge in [0.1, 0.15) is 0 Å². The van der Waals surface area contributed by atoms with E-state index in [1.807, 2.05) is 36.4 Å². The molecule has 1 aliphatic rings. The zero-order chi connectivity index (χ0) is 16.4. The predicted molar refractivity (Wildman–Crippen MR) is 86.1 cm³/mol. The summed E-state index contributed by atoms with van der Waals surface area (Å²) in [7, 11) is 0. The molecule has 0 aliphatic carbocycles. The third kappa shape index (κ3) is 2.63. The van der Waals surface area contributed by atoms with Gasteiger partial charge in [0, 0.05) is 23.5 Å². The van der Waals surface area contributed by atoms with Gasteiger partial charge in [-0.2, -0.15) is 5.26 Å². The first-order chi connectivity index (χ1) is 11.8. The van der Waals surface area contributed by atoms with E-state index in [4.69, 9.17) is 14.7 Å². The van der Waals surface area contributed by atoms with Crippen molar-refractivity contribution in [3.8, 4) is 40.2 Å². The third-order valence-electron chi connectivity index (χ3n) is 3.65. The number of ether oxygens (including phenoxy) is 2. The van der Waals surface area contributed by atoms with E-state index < -0.39 is 0 Å².